The van der Waals surface area contributed by atoms with E-state index in [1.807, 2.05) is 0 Å². The van der Waals surface area contributed by atoms with Gasteiger partial charge < -0.3 is 0 Å². The zero-order valence-electron chi connectivity index (χ0n) is 3.23. The predicted octanol–water partition coefficient (Wildman–Crippen LogP) is -1.27. The summed E-state index contributed by atoms with van der Waals surface area (Å²) in [6.45, 7) is 0. The van der Waals surface area contributed by atoms with E-state index in [1.165, 1.54) is 0 Å². The molecule has 0 aliphatic carbocycles. The van der Waals surface area contributed by atoms with Gasteiger partial charge in [0.05, 0.1) is 0 Å². The summed E-state index contributed by atoms with van der Waals surface area (Å²) in [6.07, 6.45) is 0. The Morgan fingerprint density at radius 3 is 1.17 bits per heavy atom. The third kappa shape index (κ3) is 23.7. The molecule has 24 valence electrons. The predicted molar refractivity (Wildman–Crippen MR) is 17.9 cm³/mol. The number of rotatable bonds is 0. The Labute approximate surface area is 146 Å². The molecule has 0 N–H and O–H groups in total. The van der Waals surface area contributed by atoms with Gasteiger partial charge in [0.1, 0.15) is 0 Å². The van der Waals surface area contributed by atoms with E-state index < -0.39 is 0 Å². The van der Waals surface area contributed by atoms with Crippen LogP contribution in [0.1, 0.15) is 0 Å². The molecule has 0 fully saturated rings. The first kappa shape index (κ1) is 31.4. The smallest absolute Gasteiger partial charge is 0 e. The van der Waals surface area contributed by atoms with Gasteiger partial charge in [-0.25, -0.2) is 0 Å². The van der Waals surface area contributed by atoms with Crippen molar-refractivity contribution < 1.29 is 44.9 Å². The summed E-state index contributed by atoms with van der Waals surface area (Å²) in [6, 6.07) is 0. The van der Waals surface area contributed by atoms with Crippen LogP contribution in [0, 0.1) is 0 Å². The van der Waals surface area contributed by atoms with Crippen LogP contribution in [0.15, 0.2) is 0 Å². The van der Waals surface area contributed by atoms with Crippen LogP contribution in [0.25, 0.3) is 0 Å². The van der Waals surface area contributed by atoms with Crippen LogP contribution in [-0.2, 0) is 44.9 Å². The molecule has 0 aromatic heterocycles. The third-order valence-corrected chi connectivity index (χ3v) is 0. The maximum Gasteiger partial charge on any atom is 0 e. The van der Waals surface area contributed by atoms with E-state index in [0.717, 1.165) is 0 Å². The quantitative estimate of drug-likeness (QED) is 0.380. The summed E-state index contributed by atoms with van der Waals surface area (Å²) >= 11 is 0.333. The van der Waals surface area contributed by atoms with Gasteiger partial charge in [0.15, 0.2) is 0 Å². The molecule has 0 saturated carbocycles. The van der Waals surface area contributed by atoms with Gasteiger partial charge in [-0.1, -0.05) is 0 Å². The second-order valence-electron chi connectivity index (χ2n) is 0. The van der Waals surface area contributed by atoms with Crippen molar-refractivity contribution in [3.8, 4) is 0 Å². The molecule has 0 aromatic carbocycles. The Morgan fingerprint density at radius 2 is 1.17 bits per heavy atom. The van der Waals surface area contributed by atoms with E-state index in [2.05, 4.69) is 0 Å². The average molecular weight is 501 g/mol. The van der Waals surface area contributed by atoms with Crippen molar-refractivity contribution in [2.45, 2.75) is 0 Å². The molecule has 0 heterocycles. The molecule has 6 heteroatoms. The molecule has 0 aromatic rings. The van der Waals surface area contributed by atoms with Crippen LogP contribution in [0.5, 0.6) is 0 Å². The van der Waals surface area contributed by atoms with E-state index in [1.54, 1.807) is 0 Å². The largest absolute Gasteiger partial charge is 0 e. The van der Waals surface area contributed by atoms with Crippen LogP contribution in [0.2, 0.25) is 0 Å². The van der Waals surface area contributed by atoms with Crippen LogP contribution >= 0.6 is 0 Å². The van der Waals surface area contributed by atoms with Gasteiger partial charge in [0.2, 0.25) is 0 Å². The standard InChI is InChI=1S/Ba.O.Si.Sr.Ti.W. The minimum Gasteiger partial charge on any atom is 0 e. The summed E-state index contributed by atoms with van der Waals surface area (Å²) in [4.78, 5) is 0. The topological polar surface area (TPSA) is 17.1 Å². The summed E-state index contributed by atoms with van der Waals surface area (Å²) in [5.41, 5.74) is 0. The van der Waals surface area contributed by atoms with Gasteiger partial charge >= 0.3 is 23.2 Å². The minimum atomic E-state index is 0. The fraction of sp³-hybridized carbons (Fsp3) is 0. The molecule has 0 rings (SSSR count). The van der Waals surface area contributed by atoms with E-state index in [0.29, 0.717) is 19.8 Å². The van der Waals surface area contributed by atoms with E-state index in [9.17, 15) is 0 Å². The van der Waals surface area contributed by atoms with Crippen molar-refractivity contribution in [3.05, 3.63) is 0 Å². The monoisotopic (exact) mass is 502 g/mol. The van der Waals surface area contributed by atoms with Crippen molar-refractivity contribution in [1.82, 2.24) is 0 Å². The van der Waals surface area contributed by atoms with E-state index >= 15 is 0 Å². The van der Waals surface area contributed by atoms with E-state index in [4.69, 9.17) is 3.40 Å². The van der Waals surface area contributed by atoms with Crippen LogP contribution in [0.4, 0.5) is 0 Å². The Bertz CT molecular complexity index is 15.5. The Kier molecular flexibility index (Phi) is 178. The van der Waals surface area contributed by atoms with Gasteiger partial charge in [-0.3, -0.25) is 0 Å². The molecule has 0 aliphatic rings. The second kappa shape index (κ2) is 34.0. The van der Waals surface area contributed by atoms with Crippen molar-refractivity contribution in [2.75, 3.05) is 0 Å². The zero-order valence-corrected chi connectivity index (χ0v) is 16.6. The Balaban J connectivity index is -0.000000000833. The van der Waals surface area contributed by atoms with Gasteiger partial charge in [0.25, 0.3) is 0 Å². The first-order valence-corrected chi connectivity index (χ1v) is 1.36. The molecular formula is BaOSiSrTiW. The SMILES string of the molecule is [Ba].[O]=[W].[Si].[Sr].[Ti]. The first-order chi connectivity index (χ1) is 1.00. The maximum atomic E-state index is 8.33. The summed E-state index contributed by atoms with van der Waals surface area (Å²) in [7, 11) is 0. The van der Waals surface area contributed by atoms with Crippen molar-refractivity contribution in [1.29, 1.82) is 0 Å². The Morgan fingerprint density at radius 1 is 1.17 bits per heavy atom. The van der Waals surface area contributed by atoms with Crippen molar-refractivity contribution in [3.63, 3.8) is 0 Å². The molecule has 0 unspecified atom stereocenters. The van der Waals surface area contributed by atoms with Gasteiger partial charge in [-0.2, -0.15) is 0 Å². The fourth-order valence-corrected chi connectivity index (χ4v) is 0. The summed E-state index contributed by atoms with van der Waals surface area (Å²) in [5, 5.41) is 0. The number of hydrogen-bond acceptors (Lipinski definition) is 1. The average Bonchev–Trinajstić information content (AvgIpc) is 1.00. The minimum absolute atomic E-state index is 0. The molecule has 0 bridgehead atoms. The molecule has 0 saturated heterocycles. The van der Waals surface area contributed by atoms with Gasteiger partial charge in [-0.15, -0.1) is 0 Å². The molecule has 1 nitrogen and oxygen atoms in total. The van der Waals surface area contributed by atoms with E-state index in [-0.39, 0.29) is 127 Å². The van der Waals surface area contributed by atoms with Gasteiger partial charge in [-0.05, 0) is 0 Å². The molecule has 6 heavy (non-hydrogen) atoms. The van der Waals surface area contributed by atoms with Gasteiger partial charge in [0, 0.05) is 127 Å². The molecule has 8 radical (unpaired) electrons. The molecular weight excluding hydrogens is 501 g/mol. The van der Waals surface area contributed by atoms with Crippen LogP contribution < -0.4 is 0 Å². The summed E-state index contributed by atoms with van der Waals surface area (Å²) in [5.74, 6) is 0. The Hall–Kier alpha value is 4.47. The molecule has 0 atom stereocenters. The second-order valence-corrected chi connectivity index (χ2v) is 0. The maximum absolute atomic E-state index is 8.33. The van der Waals surface area contributed by atoms with Crippen LogP contribution in [-0.4, -0.2) is 105 Å². The normalized spacial score (nSPS) is 0.667. The first-order valence-electron chi connectivity index (χ1n) is 0.167. The zero-order chi connectivity index (χ0) is 2.00. The van der Waals surface area contributed by atoms with Crippen molar-refractivity contribution >= 4 is 105 Å². The van der Waals surface area contributed by atoms with Crippen LogP contribution in [0.3, 0.4) is 0 Å². The molecule has 0 amide bonds. The third-order valence-electron chi connectivity index (χ3n) is 0. The number of hydrogen-bond donors (Lipinski definition) is 0. The van der Waals surface area contributed by atoms with Crippen molar-refractivity contribution in [2.24, 2.45) is 0 Å². The molecule has 0 aliphatic heterocycles. The molecule has 0 spiro atoms. The summed E-state index contributed by atoms with van der Waals surface area (Å²) < 4.78 is 8.33. The fourth-order valence-electron chi connectivity index (χ4n) is 0.